The van der Waals surface area contributed by atoms with Gasteiger partial charge in [0.15, 0.2) is 0 Å². The average molecular weight is 268 g/mol. The fourth-order valence-electron chi connectivity index (χ4n) is 2.57. The van der Waals surface area contributed by atoms with Gasteiger partial charge in [0.2, 0.25) is 0 Å². The Morgan fingerprint density at radius 2 is 1.65 bits per heavy atom. The highest BCUT2D eigenvalue weighted by molar-refractivity contribution is 5.48. The Balaban J connectivity index is 1.58. The summed E-state index contributed by atoms with van der Waals surface area (Å²) in [6, 6.07) is 8.84. The molecule has 1 saturated heterocycles. The van der Waals surface area contributed by atoms with Gasteiger partial charge in [0.05, 0.1) is 18.1 Å². The van der Waals surface area contributed by atoms with E-state index in [2.05, 4.69) is 44.5 Å². The van der Waals surface area contributed by atoms with E-state index in [-0.39, 0.29) is 0 Å². The van der Waals surface area contributed by atoms with Crippen LogP contribution in [0.25, 0.3) is 0 Å². The van der Waals surface area contributed by atoms with E-state index in [9.17, 15) is 0 Å². The van der Waals surface area contributed by atoms with E-state index < -0.39 is 0 Å². The molecule has 1 fully saturated rings. The number of nitrogens with one attached hydrogen (secondary N) is 1. The van der Waals surface area contributed by atoms with Crippen molar-refractivity contribution in [2.45, 2.75) is 25.8 Å². The number of benzene rings is 1. The van der Waals surface area contributed by atoms with Crippen LogP contribution in [0.4, 0.5) is 11.4 Å². The standard InChI is InChI=1S/C16H20N4/c1-2-8-20(9-3-1)16-6-4-14(5-7-16)10-19-15-11-17-13-18-12-15/h4-7,11-13,19H,1-3,8-10H2. The molecule has 0 unspecified atom stereocenters. The zero-order chi connectivity index (χ0) is 13.6. The van der Waals surface area contributed by atoms with Gasteiger partial charge in [0.25, 0.3) is 0 Å². The minimum absolute atomic E-state index is 0.799. The topological polar surface area (TPSA) is 41.1 Å². The molecule has 104 valence electrons. The normalized spacial score (nSPS) is 15.1. The largest absolute Gasteiger partial charge is 0.378 e. The maximum absolute atomic E-state index is 3.99. The lowest BCUT2D eigenvalue weighted by Gasteiger charge is -2.28. The molecule has 0 radical (unpaired) electrons. The van der Waals surface area contributed by atoms with Crippen molar-refractivity contribution in [3.63, 3.8) is 0 Å². The summed E-state index contributed by atoms with van der Waals surface area (Å²) in [7, 11) is 0. The van der Waals surface area contributed by atoms with Gasteiger partial charge in [-0.25, -0.2) is 9.97 Å². The first-order valence-corrected chi connectivity index (χ1v) is 7.24. The number of anilines is 2. The van der Waals surface area contributed by atoms with Gasteiger partial charge in [-0.2, -0.15) is 0 Å². The fraction of sp³-hybridized carbons (Fsp3) is 0.375. The molecule has 4 nitrogen and oxygen atoms in total. The van der Waals surface area contributed by atoms with E-state index >= 15 is 0 Å². The van der Waals surface area contributed by atoms with Gasteiger partial charge < -0.3 is 10.2 Å². The summed E-state index contributed by atoms with van der Waals surface area (Å²) in [4.78, 5) is 10.5. The van der Waals surface area contributed by atoms with E-state index in [1.807, 2.05) is 0 Å². The molecule has 1 aliphatic rings. The second kappa shape index (κ2) is 6.37. The predicted molar refractivity (Wildman–Crippen MR) is 81.9 cm³/mol. The lowest BCUT2D eigenvalue weighted by atomic mass is 10.1. The monoisotopic (exact) mass is 268 g/mol. The van der Waals surface area contributed by atoms with Crippen LogP contribution in [0.2, 0.25) is 0 Å². The molecule has 1 aliphatic heterocycles. The zero-order valence-corrected chi connectivity index (χ0v) is 11.6. The number of aromatic nitrogens is 2. The summed E-state index contributed by atoms with van der Waals surface area (Å²) >= 11 is 0. The summed E-state index contributed by atoms with van der Waals surface area (Å²) < 4.78 is 0. The first kappa shape index (κ1) is 12.9. The summed E-state index contributed by atoms with van der Waals surface area (Å²) in [6.07, 6.45) is 9.12. The third-order valence-electron chi connectivity index (χ3n) is 3.71. The lowest BCUT2D eigenvalue weighted by molar-refractivity contribution is 0.578. The summed E-state index contributed by atoms with van der Waals surface area (Å²) in [5.41, 5.74) is 3.57. The number of hydrogen-bond acceptors (Lipinski definition) is 4. The van der Waals surface area contributed by atoms with Crippen LogP contribution < -0.4 is 10.2 Å². The van der Waals surface area contributed by atoms with Crippen molar-refractivity contribution < 1.29 is 0 Å². The Hall–Kier alpha value is -2.10. The summed E-state index contributed by atoms with van der Waals surface area (Å²) in [6.45, 7) is 3.19. The third-order valence-corrected chi connectivity index (χ3v) is 3.71. The first-order valence-electron chi connectivity index (χ1n) is 7.24. The average Bonchev–Trinajstić information content (AvgIpc) is 2.55. The van der Waals surface area contributed by atoms with Gasteiger partial charge in [-0.1, -0.05) is 12.1 Å². The molecule has 2 aromatic rings. The molecule has 0 amide bonds. The molecule has 1 aromatic heterocycles. The second-order valence-corrected chi connectivity index (χ2v) is 5.19. The van der Waals surface area contributed by atoms with Crippen LogP contribution >= 0.6 is 0 Å². The summed E-state index contributed by atoms with van der Waals surface area (Å²) in [5, 5.41) is 3.32. The molecule has 2 heterocycles. The molecule has 20 heavy (non-hydrogen) atoms. The van der Waals surface area contributed by atoms with E-state index in [0.717, 1.165) is 12.2 Å². The molecule has 0 spiro atoms. The number of piperidine rings is 1. The SMILES string of the molecule is c1ncc(NCc2ccc(N3CCCCC3)cc2)cn1. The smallest absolute Gasteiger partial charge is 0.115 e. The van der Waals surface area contributed by atoms with Crippen molar-refractivity contribution >= 4 is 11.4 Å². The Bertz CT molecular complexity index is 518. The third kappa shape index (κ3) is 3.26. The Labute approximate surface area is 119 Å². The highest BCUT2D eigenvalue weighted by Gasteiger charge is 2.10. The molecule has 0 atom stereocenters. The van der Waals surface area contributed by atoms with Crippen molar-refractivity contribution in [2.75, 3.05) is 23.3 Å². The second-order valence-electron chi connectivity index (χ2n) is 5.19. The Morgan fingerprint density at radius 3 is 2.35 bits per heavy atom. The van der Waals surface area contributed by atoms with Gasteiger partial charge in [0.1, 0.15) is 6.33 Å². The maximum atomic E-state index is 3.99. The van der Waals surface area contributed by atoms with Crippen LogP contribution in [0.3, 0.4) is 0 Å². The minimum Gasteiger partial charge on any atom is -0.378 e. The van der Waals surface area contributed by atoms with Crippen molar-refractivity contribution in [3.05, 3.63) is 48.5 Å². The van der Waals surface area contributed by atoms with Gasteiger partial charge >= 0.3 is 0 Å². The minimum atomic E-state index is 0.799. The number of hydrogen-bond donors (Lipinski definition) is 1. The van der Waals surface area contributed by atoms with Crippen LogP contribution in [-0.2, 0) is 6.54 Å². The van der Waals surface area contributed by atoms with Crippen LogP contribution in [0.15, 0.2) is 43.0 Å². The highest BCUT2D eigenvalue weighted by Crippen LogP contribution is 2.20. The van der Waals surface area contributed by atoms with Crippen LogP contribution in [0, 0.1) is 0 Å². The fourth-order valence-corrected chi connectivity index (χ4v) is 2.57. The molecular weight excluding hydrogens is 248 g/mol. The molecule has 1 aromatic carbocycles. The predicted octanol–water partition coefficient (Wildman–Crippen LogP) is 3.08. The number of rotatable bonds is 4. The van der Waals surface area contributed by atoms with Crippen LogP contribution in [0.1, 0.15) is 24.8 Å². The Kier molecular flexibility index (Phi) is 4.11. The molecule has 1 N–H and O–H groups in total. The molecular formula is C16H20N4. The maximum Gasteiger partial charge on any atom is 0.115 e. The molecule has 4 heteroatoms. The molecule has 0 bridgehead atoms. The molecule has 0 saturated carbocycles. The van der Waals surface area contributed by atoms with E-state index in [1.54, 1.807) is 18.7 Å². The van der Waals surface area contributed by atoms with Crippen molar-refractivity contribution in [1.82, 2.24) is 9.97 Å². The van der Waals surface area contributed by atoms with Gasteiger partial charge in [-0.15, -0.1) is 0 Å². The van der Waals surface area contributed by atoms with Gasteiger partial charge in [-0.3, -0.25) is 0 Å². The summed E-state index contributed by atoms with van der Waals surface area (Å²) in [5.74, 6) is 0. The van der Waals surface area contributed by atoms with Crippen molar-refractivity contribution in [1.29, 1.82) is 0 Å². The Morgan fingerprint density at radius 1 is 0.950 bits per heavy atom. The lowest BCUT2D eigenvalue weighted by Crippen LogP contribution is -2.29. The number of nitrogens with zero attached hydrogens (tertiary/aromatic N) is 3. The van der Waals surface area contributed by atoms with E-state index in [0.29, 0.717) is 0 Å². The highest BCUT2D eigenvalue weighted by atomic mass is 15.1. The molecule has 3 rings (SSSR count). The van der Waals surface area contributed by atoms with Crippen molar-refractivity contribution in [3.8, 4) is 0 Å². The first-order chi connectivity index (χ1) is 9.92. The molecule has 0 aliphatic carbocycles. The van der Waals surface area contributed by atoms with E-state index in [4.69, 9.17) is 0 Å². The zero-order valence-electron chi connectivity index (χ0n) is 11.6. The van der Waals surface area contributed by atoms with Crippen molar-refractivity contribution in [2.24, 2.45) is 0 Å². The van der Waals surface area contributed by atoms with Crippen LogP contribution in [-0.4, -0.2) is 23.1 Å². The van der Waals surface area contributed by atoms with E-state index in [1.165, 1.54) is 43.6 Å². The quantitative estimate of drug-likeness (QED) is 0.925. The van der Waals surface area contributed by atoms with Crippen LogP contribution in [0.5, 0.6) is 0 Å². The van der Waals surface area contributed by atoms with Gasteiger partial charge in [-0.05, 0) is 37.0 Å². The van der Waals surface area contributed by atoms with Gasteiger partial charge in [0, 0.05) is 25.3 Å².